The van der Waals surface area contributed by atoms with Crippen LogP contribution < -0.4 is 18.9 Å². The van der Waals surface area contributed by atoms with Crippen LogP contribution in [0.2, 0.25) is 0 Å². The zero-order chi connectivity index (χ0) is 18.2. The third kappa shape index (κ3) is 4.35. The zero-order valence-electron chi connectivity index (χ0n) is 14.9. The average Bonchev–Trinajstić information content (AvgIpc) is 2.64. The molecule has 0 amide bonds. The van der Waals surface area contributed by atoms with Crippen molar-refractivity contribution in [3.63, 3.8) is 0 Å². The van der Waals surface area contributed by atoms with Gasteiger partial charge in [0.15, 0.2) is 23.0 Å². The molecule has 1 N–H and O–H groups in total. The predicted octanol–water partition coefficient (Wildman–Crippen LogP) is 3.44. The van der Waals surface area contributed by atoms with Gasteiger partial charge in [0, 0.05) is 23.4 Å². The Labute approximate surface area is 147 Å². The van der Waals surface area contributed by atoms with Crippen molar-refractivity contribution in [3.8, 4) is 28.7 Å². The van der Waals surface area contributed by atoms with Gasteiger partial charge in [0.1, 0.15) is 5.75 Å². The second kappa shape index (κ2) is 8.82. The summed E-state index contributed by atoms with van der Waals surface area (Å²) in [4.78, 5) is 4.40. The van der Waals surface area contributed by atoms with Crippen LogP contribution in [0.4, 0.5) is 0 Å². The smallest absolute Gasteiger partial charge is 0.166 e. The highest BCUT2D eigenvalue weighted by molar-refractivity contribution is 5.84. The van der Waals surface area contributed by atoms with E-state index in [1.807, 2.05) is 19.1 Å². The van der Waals surface area contributed by atoms with Crippen molar-refractivity contribution in [2.45, 2.75) is 13.5 Å². The maximum atomic E-state index is 10.2. The minimum atomic E-state index is 0.0763. The van der Waals surface area contributed by atoms with Crippen LogP contribution in [0.15, 0.2) is 35.3 Å². The lowest BCUT2D eigenvalue weighted by molar-refractivity contribution is 0.318. The number of aromatic hydroxyl groups is 1. The Balaban J connectivity index is 2.23. The summed E-state index contributed by atoms with van der Waals surface area (Å²) in [7, 11) is 4.74. The van der Waals surface area contributed by atoms with Crippen LogP contribution in [0.5, 0.6) is 28.7 Å². The van der Waals surface area contributed by atoms with E-state index in [0.717, 1.165) is 5.56 Å². The van der Waals surface area contributed by atoms with Crippen LogP contribution in [0, 0.1) is 0 Å². The largest absolute Gasteiger partial charge is 0.504 e. The molecule has 0 unspecified atom stereocenters. The lowest BCUT2D eigenvalue weighted by Crippen LogP contribution is -1.97. The Hall–Kier alpha value is -2.89. The van der Waals surface area contributed by atoms with Gasteiger partial charge in [-0.3, -0.25) is 4.99 Å². The number of hydrogen-bond donors (Lipinski definition) is 1. The predicted molar refractivity (Wildman–Crippen MR) is 96.7 cm³/mol. The molecule has 0 heterocycles. The third-order valence-electron chi connectivity index (χ3n) is 3.61. The van der Waals surface area contributed by atoms with Crippen molar-refractivity contribution >= 4 is 6.21 Å². The van der Waals surface area contributed by atoms with E-state index in [4.69, 9.17) is 18.9 Å². The quantitative estimate of drug-likeness (QED) is 0.742. The molecule has 2 aromatic carbocycles. The van der Waals surface area contributed by atoms with Gasteiger partial charge in [-0.25, -0.2) is 0 Å². The molecule has 0 aliphatic rings. The van der Waals surface area contributed by atoms with E-state index in [-0.39, 0.29) is 5.75 Å². The van der Waals surface area contributed by atoms with Gasteiger partial charge in [-0.2, -0.15) is 0 Å². The number of phenolic OH excluding ortho intramolecular Hbond substituents is 1. The molecule has 134 valence electrons. The second-order valence-electron chi connectivity index (χ2n) is 5.12. The fourth-order valence-corrected chi connectivity index (χ4v) is 2.37. The van der Waals surface area contributed by atoms with Gasteiger partial charge in [-0.15, -0.1) is 0 Å². The first-order chi connectivity index (χ1) is 12.1. The molecule has 0 bridgehead atoms. The van der Waals surface area contributed by atoms with E-state index >= 15 is 0 Å². The lowest BCUT2D eigenvalue weighted by atomic mass is 10.1. The van der Waals surface area contributed by atoms with Gasteiger partial charge < -0.3 is 24.1 Å². The van der Waals surface area contributed by atoms with Gasteiger partial charge >= 0.3 is 0 Å². The summed E-state index contributed by atoms with van der Waals surface area (Å²) in [5, 5.41) is 10.2. The molecule has 0 aliphatic carbocycles. The van der Waals surface area contributed by atoms with Gasteiger partial charge in [0.2, 0.25) is 0 Å². The molecule has 25 heavy (non-hydrogen) atoms. The highest BCUT2D eigenvalue weighted by Crippen LogP contribution is 2.35. The highest BCUT2D eigenvalue weighted by Gasteiger charge is 2.11. The van der Waals surface area contributed by atoms with Crippen molar-refractivity contribution in [3.05, 3.63) is 41.5 Å². The van der Waals surface area contributed by atoms with Crippen LogP contribution in [0.25, 0.3) is 0 Å². The first-order valence-electron chi connectivity index (χ1n) is 7.88. The van der Waals surface area contributed by atoms with E-state index in [9.17, 15) is 5.11 Å². The van der Waals surface area contributed by atoms with Crippen LogP contribution in [-0.2, 0) is 6.54 Å². The summed E-state index contributed by atoms with van der Waals surface area (Å²) < 4.78 is 21.3. The molecule has 6 heteroatoms. The standard InChI is InChI=1S/C19H23NO5/c1-5-25-15-8-6-7-13(19(15)21)11-20-12-14-9-17(23-3)18(24-4)10-16(14)22-2/h6-11,21H,5,12H2,1-4H3. The Morgan fingerprint density at radius 1 is 0.960 bits per heavy atom. The maximum absolute atomic E-state index is 10.2. The number of phenols is 1. The van der Waals surface area contributed by atoms with E-state index in [1.165, 1.54) is 0 Å². The number of nitrogens with zero attached hydrogens (tertiary/aromatic N) is 1. The minimum Gasteiger partial charge on any atom is -0.504 e. The normalized spacial score (nSPS) is 10.7. The van der Waals surface area contributed by atoms with Crippen molar-refractivity contribution in [2.75, 3.05) is 27.9 Å². The first-order valence-corrected chi connectivity index (χ1v) is 7.88. The SMILES string of the molecule is CCOc1cccc(C=NCc2cc(OC)c(OC)cc2OC)c1O. The minimum absolute atomic E-state index is 0.0763. The van der Waals surface area contributed by atoms with E-state index < -0.39 is 0 Å². The number of benzene rings is 2. The molecular weight excluding hydrogens is 322 g/mol. The maximum Gasteiger partial charge on any atom is 0.166 e. The molecule has 0 radical (unpaired) electrons. The molecule has 0 spiro atoms. The van der Waals surface area contributed by atoms with Gasteiger partial charge in [-0.1, -0.05) is 6.07 Å². The van der Waals surface area contributed by atoms with E-state index in [0.29, 0.717) is 41.7 Å². The summed E-state index contributed by atoms with van der Waals surface area (Å²) >= 11 is 0. The monoisotopic (exact) mass is 345 g/mol. The van der Waals surface area contributed by atoms with E-state index in [2.05, 4.69) is 4.99 Å². The highest BCUT2D eigenvalue weighted by atomic mass is 16.5. The lowest BCUT2D eigenvalue weighted by Gasteiger charge is -2.13. The number of ether oxygens (including phenoxy) is 4. The molecule has 6 nitrogen and oxygen atoms in total. The number of hydrogen-bond acceptors (Lipinski definition) is 6. The molecule has 0 fully saturated rings. The van der Waals surface area contributed by atoms with Crippen molar-refractivity contribution < 1.29 is 24.1 Å². The number of methoxy groups -OCH3 is 3. The molecule has 0 saturated carbocycles. The molecule has 2 aromatic rings. The van der Waals surface area contributed by atoms with Gasteiger partial charge in [0.05, 0.1) is 34.5 Å². The summed E-state index contributed by atoms with van der Waals surface area (Å²) in [6.07, 6.45) is 1.61. The molecular formula is C19H23NO5. The van der Waals surface area contributed by atoms with Crippen LogP contribution in [0.1, 0.15) is 18.1 Å². The Morgan fingerprint density at radius 3 is 2.28 bits per heavy atom. The fourth-order valence-electron chi connectivity index (χ4n) is 2.37. The molecule has 0 aromatic heterocycles. The summed E-state index contributed by atoms with van der Waals surface area (Å²) in [6, 6.07) is 8.88. The first kappa shape index (κ1) is 18.4. The topological polar surface area (TPSA) is 69.5 Å². The summed E-state index contributed by atoms with van der Waals surface area (Å²) in [5.74, 6) is 2.37. The molecule has 0 atom stereocenters. The van der Waals surface area contributed by atoms with Crippen molar-refractivity contribution in [1.82, 2.24) is 0 Å². The van der Waals surface area contributed by atoms with Gasteiger partial charge in [-0.05, 0) is 25.1 Å². The fraction of sp³-hybridized carbons (Fsp3) is 0.316. The van der Waals surface area contributed by atoms with Crippen LogP contribution in [0.3, 0.4) is 0 Å². The number of rotatable bonds is 8. The Morgan fingerprint density at radius 2 is 1.64 bits per heavy atom. The average molecular weight is 345 g/mol. The summed E-state index contributed by atoms with van der Waals surface area (Å²) in [6.45, 7) is 2.71. The van der Waals surface area contributed by atoms with Crippen LogP contribution in [-0.4, -0.2) is 39.3 Å². The van der Waals surface area contributed by atoms with Crippen molar-refractivity contribution in [2.24, 2.45) is 4.99 Å². The Bertz CT molecular complexity index is 743. The van der Waals surface area contributed by atoms with Gasteiger partial charge in [0.25, 0.3) is 0 Å². The number of para-hydroxylation sites is 1. The third-order valence-corrected chi connectivity index (χ3v) is 3.61. The number of aliphatic imine (C=N–C) groups is 1. The van der Waals surface area contributed by atoms with Crippen LogP contribution >= 0.6 is 0 Å². The molecule has 2 rings (SSSR count). The molecule has 0 aliphatic heterocycles. The van der Waals surface area contributed by atoms with E-state index in [1.54, 1.807) is 45.7 Å². The zero-order valence-corrected chi connectivity index (χ0v) is 14.9. The Kier molecular flexibility index (Phi) is 6.51. The summed E-state index contributed by atoms with van der Waals surface area (Å²) in [5.41, 5.74) is 1.43. The second-order valence-corrected chi connectivity index (χ2v) is 5.12. The van der Waals surface area contributed by atoms with Crippen molar-refractivity contribution in [1.29, 1.82) is 0 Å². The molecule has 0 saturated heterocycles.